The Kier molecular flexibility index (Phi) is 4.66. The highest BCUT2D eigenvalue weighted by atomic mass is 79.9. The molecule has 1 aliphatic heterocycles. The molecule has 0 atom stereocenters. The number of hydrogen-bond acceptors (Lipinski definition) is 4. The van der Waals surface area contributed by atoms with Crippen LogP contribution in [0.3, 0.4) is 0 Å². The number of amides is 1. The molecule has 2 aromatic rings. The van der Waals surface area contributed by atoms with Gasteiger partial charge in [0.25, 0.3) is 0 Å². The predicted molar refractivity (Wildman–Crippen MR) is 94.4 cm³/mol. The third-order valence-corrected chi connectivity index (χ3v) is 4.06. The van der Waals surface area contributed by atoms with Crippen molar-refractivity contribution >= 4 is 39.4 Å². The van der Waals surface area contributed by atoms with Gasteiger partial charge in [-0.3, -0.25) is 9.59 Å². The fourth-order valence-corrected chi connectivity index (χ4v) is 2.73. The van der Waals surface area contributed by atoms with Crippen LogP contribution in [0.2, 0.25) is 0 Å². The van der Waals surface area contributed by atoms with Gasteiger partial charge >= 0.3 is 0 Å². The highest BCUT2D eigenvalue weighted by molar-refractivity contribution is 9.10. The average molecular weight is 388 g/mol. The largest absolute Gasteiger partial charge is 0.454 e. The summed E-state index contributed by atoms with van der Waals surface area (Å²) in [7, 11) is 0. The molecule has 1 aliphatic rings. The Morgan fingerprint density at radius 2 is 1.92 bits per heavy atom. The number of carbonyl (C=O) groups is 2. The molecule has 0 saturated heterocycles. The van der Waals surface area contributed by atoms with E-state index in [4.69, 9.17) is 9.47 Å². The summed E-state index contributed by atoms with van der Waals surface area (Å²) < 4.78 is 11.4. The number of carbonyl (C=O) groups excluding carboxylic acids is 2. The zero-order valence-electron chi connectivity index (χ0n) is 12.8. The van der Waals surface area contributed by atoms with Crippen LogP contribution in [-0.4, -0.2) is 18.5 Å². The van der Waals surface area contributed by atoms with Gasteiger partial charge in [-0.15, -0.1) is 0 Å². The van der Waals surface area contributed by atoms with Crippen molar-refractivity contribution < 1.29 is 19.1 Å². The number of fused-ring (bicyclic) bond motifs is 1. The summed E-state index contributed by atoms with van der Waals surface area (Å²) in [5, 5.41) is 2.66. The van der Waals surface area contributed by atoms with Gasteiger partial charge in [-0.1, -0.05) is 28.1 Å². The Hall–Kier alpha value is -2.60. The average Bonchev–Trinajstić information content (AvgIpc) is 2.99. The number of halogens is 1. The van der Waals surface area contributed by atoms with Crippen LogP contribution in [0, 0.1) is 0 Å². The maximum absolute atomic E-state index is 12.3. The molecule has 2 aromatic carbocycles. The van der Waals surface area contributed by atoms with Crippen molar-refractivity contribution in [2.45, 2.75) is 6.92 Å². The third-order valence-electron chi connectivity index (χ3n) is 3.37. The quantitative estimate of drug-likeness (QED) is 0.635. The Balaban J connectivity index is 1.80. The van der Waals surface area contributed by atoms with Gasteiger partial charge in [0.2, 0.25) is 12.7 Å². The van der Waals surface area contributed by atoms with Crippen molar-refractivity contribution in [2.24, 2.45) is 0 Å². The second kappa shape index (κ2) is 6.88. The first-order valence-corrected chi connectivity index (χ1v) is 8.01. The zero-order valence-corrected chi connectivity index (χ0v) is 14.4. The number of allylic oxidation sites excluding steroid dienone is 1. The molecule has 0 saturated carbocycles. The molecule has 0 unspecified atom stereocenters. The minimum atomic E-state index is -0.181. The molecule has 5 nitrogen and oxygen atoms in total. The van der Waals surface area contributed by atoms with Gasteiger partial charge in [-0.25, -0.2) is 0 Å². The van der Waals surface area contributed by atoms with Gasteiger partial charge in [0.1, 0.15) is 0 Å². The van der Waals surface area contributed by atoms with E-state index >= 15 is 0 Å². The van der Waals surface area contributed by atoms with Crippen LogP contribution < -0.4 is 14.8 Å². The molecule has 1 N–H and O–H groups in total. The van der Waals surface area contributed by atoms with Crippen LogP contribution in [-0.2, 0) is 4.79 Å². The highest BCUT2D eigenvalue weighted by Gasteiger charge is 2.15. The molecule has 122 valence electrons. The topological polar surface area (TPSA) is 64.6 Å². The van der Waals surface area contributed by atoms with E-state index in [9.17, 15) is 9.59 Å². The zero-order chi connectivity index (χ0) is 17.1. The number of ketones is 1. The summed E-state index contributed by atoms with van der Waals surface area (Å²) in [4.78, 5) is 23.4. The first-order chi connectivity index (χ1) is 11.5. The van der Waals surface area contributed by atoms with E-state index < -0.39 is 0 Å². The number of rotatable bonds is 4. The lowest BCUT2D eigenvalue weighted by Gasteiger charge is -2.04. The Morgan fingerprint density at radius 1 is 1.17 bits per heavy atom. The second-order valence-corrected chi connectivity index (χ2v) is 6.04. The highest BCUT2D eigenvalue weighted by Crippen LogP contribution is 2.37. The summed E-state index contributed by atoms with van der Waals surface area (Å²) in [6.07, 6.45) is 3.19. The minimum Gasteiger partial charge on any atom is -0.454 e. The molecular weight excluding hydrogens is 374 g/mol. The number of nitrogens with one attached hydrogen (secondary N) is 1. The van der Waals surface area contributed by atoms with Crippen molar-refractivity contribution in [3.05, 3.63) is 58.1 Å². The van der Waals surface area contributed by atoms with Crippen LogP contribution in [0.15, 0.2) is 46.9 Å². The van der Waals surface area contributed by atoms with E-state index in [1.54, 1.807) is 30.3 Å². The molecule has 0 spiro atoms. The maximum Gasteiger partial charge on any atom is 0.231 e. The molecule has 6 heteroatoms. The van der Waals surface area contributed by atoms with Crippen LogP contribution >= 0.6 is 15.9 Å². The van der Waals surface area contributed by atoms with Crippen molar-refractivity contribution in [3.63, 3.8) is 0 Å². The number of benzene rings is 2. The SMILES string of the molecule is CC(=O)Nc1cccc(C(=O)/C=C/c2cc3c(cc2Br)OCO3)c1. The van der Waals surface area contributed by atoms with E-state index in [0.717, 1.165) is 10.0 Å². The van der Waals surface area contributed by atoms with Crippen molar-refractivity contribution in [2.75, 3.05) is 12.1 Å². The lowest BCUT2D eigenvalue weighted by molar-refractivity contribution is -0.114. The number of hydrogen-bond donors (Lipinski definition) is 1. The Labute approximate surface area is 147 Å². The second-order valence-electron chi connectivity index (χ2n) is 5.19. The first kappa shape index (κ1) is 16.3. The number of ether oxygens (including phenoxy) is 2. The molecule has 0 radical (unpaired) electrons. The van der Waals surface area contributed by atoms with Gasteiger partial charge in [-0.2, -0.15) is 0 Å². The predicted octanol–water partition coefficient (Wildman–Crippen LogP) is 4.03. The smallest absolute Gasteiger partial charge is 0.231 e. The lowest BCUT2D eigenvalue weighted by atomic mass is 10.1. The summed E-state index contributed by atoms with van der Waals surface area (Å²) in [6.45, 7) is 1.62. The minimum absolute atomic E-state index is 0.160. The van der Waals surface area contributed by atoms with E-state index in [2.05, 4.69) is 21.2 Å². The van der Waals surface area contributed by atoms with Crippen LogP contribution in [0.1, 0.15) is 22.8 Å². The molecule has 3 rings (SSSR count). The monoisotopic (exact) mass is 387 g/mol. The van der Waals surface area contributed by atoms with E-state index in [0.29, 0.717) is 22.7 Å². The fourth-order valence-electron chi connectivity index (χ4n) is 2.28. The van der Waals surface area contributed by atoms with Gasteiger partial charge in [0.05, 0.1) is 0 Å². The standard InChI is InChI=1S/C18H14BrNO4/c1-11(21)20-14-4-2-3-13(7-14)16(22)6-5-12-8-17-18(9-15(12)19)24-10-23-17/h2-9H,10H2,1H3,(H,20,21)/b6-5+. The van der Waals surface area contributed by atoms with Crippen LogP contribution in [0.25, 0.3) is 6.08 Å². The normalized spacial score (nSPS) is 12.4. The van der Waals surface area contributed by atoms with Crippen molar-refractivity contribution in [3.8, 4) is 11.5 Å². The van der Waals surface area contributed by atoms with E-state index in [-0.39, 0.29) is 18.5 Å². The Morgan fingerprint density at radius 3 is 2.67 bits per heavy atom. The van der Waals surface area contributed by atoms with Crippen molar-refractivity contribution in [1.82, 2.24) is 0 Å². The number of anilines is 1. The van der Waals surface area contributed by atoms with Crippen LogP contribution in [0.5, 0.6) is 11.5 Å². The lowest BCUT2D eigenvalue weighted by Crippen LogP contribution is -2.06. The van der Waals surface area contributed by atoms with E-state index in [1.807, 2.05) is 12.1 Å². The summed E-state index contributed by atoms with van der Waals surface area (Å²) in [6, 6.07) is 10.4. The summed E-state index contributed by atoms with van der Waals surface area (Å²) in [5.41, 5.74) is 1.89. The van der Waals surface area contributed by atoms with Crippen molar-refractivity contribution in [1.29, 1.82) is 0 Å². The molecule has 1 amide bonds. The van der Waals surface area contributed by atoms with Gasteiger partial charge < -0.3 is 14.8 Å². The van der Waals surface area contributed by atoms with Gasteiger partial charge in [0, 0.05) is 22.6 Å². The molecule has 0 aromatic heterocycles. The molecule has 0 aliphatic carbocycles. The molecular formula is C18H14BrNO4. The Bertz CT molecular complexity index is 845. The molecule has 24 heavy (non-hydrogen) atoms. The fraction of sp³-hybridized carbons (Fsp3) is 0.111. The third kappa shape index (κ3) is 3.65. The summed E-state index contributed by atoms with van der Waals surface area (Å²) in [5.74, 6) is 0.984. The summed E-state index contributed by atoms with van der Waals surface area (Å²) >= 11 is 3.45. The maximum atomic E-state index is 12.3. The molecule has 0 bridgehead atoms. The van der Waals surface area contributed by atoms with E-state index in [1.165, 1.54) is 13.0 Å². The van der Waals surface area contributed by atoms with Crippen LogP contribution in [0.4, 0.5) is 5.69 Å². The van der Waals surface area contributed by atoms with Gasteiger partial charge in [0.15, 0.2) is 17.3 Å². The van der Waals surface area contributed by atoms with Gasteiger partial charge in [-0.05, 0) is 42.0 Å². The molecule has 1 heterocycles. The first-order valence-electron chi connectivity index (χ1n) is 7.22. The molecule has 0 fully saturated rings.